The predicted octanol–water partition coefficient (Wildman–Crippen LogP) is 5.95. The molecule has 1 N–H and O–H groups in total. The minimum Gasteiger partial charge on any atom is -0.459 e. The Morgan fingerprint density at radius 2 is 1.30 bits per heavy atom. The van der Waals surface area contributed by atoms with Crippen molar-refractivity contribution in [2.24, 2.45) is 0 Å². The largest absolute Gasteiger partial charge is 0.459 e. The van der Waals surface area contributed by atoms with E-state index >= 15 is 0 Å². The van der Waals surface area contributed by atoms with Gasteiger partial charge in [0, 0.05) is 27.3 Å². The molecule has 0 spiro atoms. The van der Waals surface area contributed by atoms with E-state index in [1.54, 1.807) is 0 Å². The SMILES string of the molecule is C[Si](C)(C)C#C[C@@]1(OC(=O)c2ccc(Cl)cc2)[C@@H](COC(=O)c2ccc(Cl)cc2)O[C@@H](n2ccc(=O)[nH]c2=O)[C@@H]1OC(=O)c1ccc(Cl)cc1. The van der Waals surface area contributed by atoms with Crippen molar-refractivity contribution in [2.75, 3.05) is 6.61 Å². The van der Waals surface area contributed by atoms with E-state index in [-0.39, 0.29) is 16.7 Å². The van der Waals surface area contributed by atoms with Gasteiger partial charge in [-0.3, -0.25) is 14.3 Å². The summed E-state index contributed by atoms with van der Waals surface area (Å²) in [6, 6.07) is 18.6. The van der Waals surface area contributed by atoms with Crippen molar-refractivity contribution in [2.45, 2.75) is 43.7 Å². The number of H-pyrrole nitrogens is 1. The predicted molar refractivity (Wildman–Crippen MR) is 188 cm³/mol. The molecule has 5 rings (SSSR count). The van der Waals surface area contributed by atoms with Gasteiger partial charge in [-0.2, -0.15) is 0 Å². The fourth-order valence-corrected chi connectivity index (χ4v) is 5.81. The average molecular weight is 756 g/mol. The molecule has 0 amide bonds. The van der Waals surface area contributed by atoms with Crippen molar-refractivity contribution < 1.29 is 33.3 Å². The van der Waals surface area contributed by atoms with Crippen LogP contribution in [0.3, 0.4) is 0 Å². The molecule has 2 heterocycles. The quantitative estimate of drug-likeness (QED) is 0.0999. The van der Waals surface area contributed by atoms with Gasteiger partial charge in [0.25, 0.3) is 5.56 Å². The number of esters is 3. The molecule has 4 atom stereocenters. The summed E-state index contributed by atoms with van der Waals surface area (Å²) in [5.74, 6) is 0.446. The van der Waals surface area contributed by atoms with E-state index < -0.39 is 67.9 Å². The summed E-state index contributed by atoms with van der Waals surface area (Å²) in [6.07, 6.45) is -3.54. The van der Waals surface area contributed by atoms with Crippen LogP contribution in [0.1, 0.15) is 37.3 Å². The highest BCUT2D eigenvalue weighted by atomic mass is 35.5. The van der Waals surface area contributed by atoms with E-state index in [0.717, 1.165) is 16.8 Å². The van der Waals surface area contributed by atoms with E-state index in [2.05, 4.69) is 16.4 Å². The Hall–Kier alpha value is -4.64. The van der Waals surface area contributed by atoms with Gasteiger partial charge in [0.2, 0.25) is 11.7 Å². The van der Waals surface area contributed by atoms with Crippen LogP contribution in [0.15, 0.2) is 94.6 Å². The number of aromatic nitrogens is 2. The second kappa shape index (κ2) is 15.1. The zero-order valence-corrected chi connectivity index (χ0v) is 30.0. The minimum atomic E-state index is -2.32. The summed E-state index contributed by atoms with van der Waals surface area (Å²) in [7, 11) is -2.32. The maximum Gasteiger partial charge on any atom is 0.339 e. The van der Waals surface area contributed by atoms with E-state index in [1.165, 1.54) is 72.8 Å². The van der Waals surface area contributed by atoms with Crippen LogP contribution < -0.4 is 11.2 Å². The molecular weight excluding hydrogens is 727 g/mol. The minimum absolute atomic E-state index is 0.0629. The normalized spacial score (nSPS) is 19.9. The van der Waals surface area contributed by atoms with Crippen LogP contribution in [-0.4, -0.2) is 59.9 Å². The van der Waals surface area contributed by atoms with Gasteiger partial charge in [-0.05, 0) is 72.8 Å². The van der Waals surface area contributed by atoms with E-state index in [1.807, 2.05) is 19.6 Å². The van der Waals surface area contributed by atoms with E-state index in [0.29, 0.717) is 15.1 Å². The Labute approximate surface area is 302 Å². The van der Waals surface area contributed by atoms with Crippen molar-refractivity contribution in [3.05, 3.63) is 138 Å². The molecule has 15 heteroatoms. The first-order valence-electron chi connectivity index (χ1n) is 15.0. The molecule has 0 radical (unpaired) electrons. The lowest BCUT2D eigenvalue weighted by molar-refractivity contribution is -0.0784. The Balaban J connectivity index is 1.68. The molecule has 0 saturated carbocycles. The maximum absolute atomic E-state index is 13.9. The molecule has 4 aromatic rings. The molecule has 50 heavy (non-hydrogen) atoms. The lowest BCUT2D eigenvalue weighted by Gasteiger charge is -2.33. The smallest absolute Gasteiger partial charge is 0.339 e. The number of nitrogens with one attached hydrogen (secondary N) is 1. The topological polar surface area (TPSA) is 143 Å². The van der Waals surface area contributed by atoms with E-state index in [9.17, 15) is 24.0 Å². The van der Waals surface area contributed by atoms with Crippen molar-refractivity contribution in [1.29, 1.82) is 0 Å². The van der Waals surface area contributed by atoms with Crippen LogP contribution in [0, 0.1) is 11.5 Å². The number of aromatic amines is 1. The van der Waals surface area contributed by atoms with Crippen LogP contribution in [0.4, 0.5) is 0 Å². The summed E-state index contributed by atoms with van der Waals surface area (Å²) >= 11 is 18.1. The first-order valence-corrected chi connectivity index (χ1v) is 19.7. The molecule has 11 nitrogen and oxygen atoms in total. The van der Waals surface area contributed by atoms with Gasteiger partial charge < -0.3 is 18.9 Å². The molecule has 1 aliphatic heterocycles. The highest BCUT2D eigenvalue weighted by Crippen LogP contribution is 2.43. The third kappa shape index (κ3) is 8.55. The highest BCUT2D eigenvalue weighted by Gasteiger charge is 2.63. The standard InChI is InChI=1S/C35H29Cl3N2O9Si/c1-50(2,3)19-17-35(49-33(44)23-8-14-26(38)15-9-23)27(20-46-31(42)21-4-10-24(36)11-5-21)47-30(40-18-16-28(41)39-34(40)45)29(35)48-32(43)22-6-12-25(37)13-7-22/h4-16,18,27,29-30H,20H2,1-3H3,(H,39,41,45)/t27-,29+,30-,35-/m1/s1. The van der Waals surface area contributed by atoms with Gasteiger partial charge >= 0.3 is 23.6 Å². The van der Waals surface area contributed by atoms with Gasteiger partial charge in [-0.25, -0.2) is 19.2 Å². The molecule has 0 bridgehead atoms. The number of rotatable bonds is 8. The summed E-state index contributed by atoms with van der Waals surface area (Å²) in [6.45, 7) is 5.20. The summed E-state index contributed by atoms with van der Waals surface area (Å²) in [5, 5.41) is 1.12. The summed E-state index contributed by atoms with van der Waals surface area (Å²) < 4.78 is 25.2. The Bertz CT molecular complexity index is 2080. The van der Waals surface area contributed by atoms with Crippen LogP contribution in [-0.2, 0) is 18.9 Å². The number of carbonyl (C=O) groups is 3. The van der Waals surface area contributed by atoms with Crippen LogP contribution in [0.25, 0.3) is 0 Å². The van der Waals surface area contributed by atoms with Crippen molar-refractivity contribution in [3.63, 3.8) is 0 Å². The average Bonchev–Trinajstić information content (AvgIpc) is 3.35. The number of benzene rings is 3. The number of carbonyl (C=O) groups excluding carboxylic acids is 3. The highest BCUT2D eigenvalue weighted by molar-refractivity contribution is 6.83. The first kappa shape index (κ1) is 36.6. The second-order valence-electron chi connectivity index (χ2n) is 12.2. The fourth-order valence-electron chi connectivity index (χ4n) is 4.86. The van der Waals surface area contributed by atoms with Crippen molar-refractivity contribution in [1.82, 2.24) is 9.55 Å². The molecule has 0 aliphatic carbocycles. The number of halogens is 3. The summed E-state index contributed by atoms with van der Waals surface area (Å²) in [5.41, 5.74) is -0.365. The number of hydrogen-bond donors (Lipinski definition) is 1. The molecule has 1 aliphatic rings. The molecule has 1 fully saturated rings. The lowest BCUT2D eigenvalue weighted by Crippen LogP contribution is -2.54. The zero-order valence-electron chi connectivity index (χ0n) is 26.8. The Kier molecular flexibility index (Phi) is 11.0. The number of hydrogen-bond acceptors (Lipinski definition) is 9. The molecule has 3 aromatic carbocycles. The summed E-state index contributed by atoms with van der Waals surface area (Å²) in [4.78, 5) is 68.2. The lowest BCUT2D eigenvalue weighted by atomic mass is 9.92. The van der Waals surface area contributed by atoms with Gasteiger partial charge in [-0.1, -0.05) is 60.4 Å². The first-order chi connectivity index (χ1) is 23.6. The van der Waals surface area contributed by atoms with E-state index in [4.69, 9.17) is 53.8 Å². The zero-order chi connectivity index (χ0) is 36.2. The number of ether oxygens (including phenoxy) is 4. The molecule has 1 aromatic heterocycles. The maximum atomic E-state index is 13.9. The van der Waals surface area contributed by atoms with Gasteiger partial charge in [0.1, 0.15) is 20.8 Å². The fraction of sp³-hybridized carbons (Fsp3) is 0.229. The monoisotopic (exact) mass is 754 g/mol. The Morgan fingerprint density at radius 3 is 1.80 bits per heavy atom. The van der Waals surface area contributed by atoms with Gasteiger partial charge in [-0.15, -0.1) is 5.54 Å². The van der Waals surface area contributed by atoms with Crippen molar-refractivity contribution >= 4 is 60.8 Å². The van der Waals surface area contributed by atoms with Gasteiger partial charge in [0.15, 0.2) is 6.23 Å². The molecule has 1 saturated heterocycles. The number of nitrogens with zero attached hydrogens (tertiary/aromatic N) is 1. The molecule has 258 valence electrons. The van der Waals surface area contributed by atoms with Crippen LogP contribution >= 0.6 is 34.8 Å². The second-order valence-corrected chi connectivity index (χ2v) is 18.2. The van der Waals surface area contributed by atoms with Gasteiger partial charge in [0.05, 0.1) is 16.7 Å². The molecular formula is C35H29Cl3N2O9Si. The third-order valence-corrected chi connectivity index (χ3v) is 8.95. The Morgan fingerprint density at radius 1 is 0.800 bits per heavy atom. The third-order valence-electron chi connectivity index (χ3n) is 7.32. The van der Waals surface area contributed by atoms with Crippen LogP contribution in [0.2, 0.25) is 34.7 Å². The van der Waals surface area contributed by atoms with Crippen LogP contribution in [0.5, 0.6) is 0 Å². The van der Waals surface area contributed by atoms with Crippen molar-refractivity contribution in [3.8, 4) is 11.5 Å². The molecule has 0 unspecified atom stereocenters.